The number of hydrogen-bond acceptors (Lipinski definition) is 11. The lowest BCUT2D eigenvalue weighted by molar-refractivity contribution is -0.105. The normalized spacial score (nSPS) is 18.2. The number of aromatic nitrogens is 4. The van der Waals surface area contributed by atoms with Crippen molar-refractivity contribution in [2.45, 2.75) is 63.8 Å². The summed E-state index contributed by atoms with van der Waals surface area (Å²) in [5.74, 6) is 0.372. The number of nitrogens with one attached hydrogen (secondary N) is 1. The molecule has 0 bridgehead atoms. The van der Waals surface area contributed by atoms with Gasteiger partial charge in [0.15, 0.2) is 28.6 Å². The van der Waals surface area contributed by atoms with E-state index in [2.05, 4.69) is 20.3 Å². The fourth-order valence-electron chi connectivity index (χ4n) is 2.87. The zero-order valence-corrected chi connectivity index (χ0v) is 19.8. The molecule has 0 amide bonds. The summed E-state index contributed by atoms with van der Waals surface area (Å²) >= 11 is 0. The molecule has 0 spiro atoms. The second-order valence-electron chi connectivity index (χ2n) is 8.21. The Labute approximate surface area is 186 Å². The standard InChI is InChI=1S/C18H33N6O7P/c1-6-18(4,27)32(28,29)31-17(2,3)7-8-30-15(11(26)9-25)24-10-21-12-13(20-5)22-16(19)23-14(12)24/h10-11,15,25-27H,6-9H2,1-5H3,(H,28,29)(H3,19,20,22,23)/t11-,15-,18?/m1/s1. The summed E-state index contributed by atoms with van der Waals surface area (Å²) in [4.78, 5) is 22.6. The predicted molar refractivity (Wildman–Crippen MR) is 118 cm³/mol. The van der Waals surface area contributed by atoms with Crippen molar-refractivity contribution in [2.75, 3.05) is 31.3 Å². The van der Waals surface area contributed by atoms with Gasteiger partial charge in [-0.05, 0) is 33.6 Å². The number of rotatable bonds is 12. The van der Waals surface area contributed by atoms with E-state index in [-0.39, 0.29) is 31.0 Å². The second kappa shape index (κ2) is 9.96. The zero-order valence-electron chi connectivity index (χ0n) is 18.9. The van der Waals surface area contributed by atoms with E-state index in [1.807, 2.05) is 0 Å². The summed E-state index contributed by atoms with van der Waals surface area (Å²) in [6.07, 6.45) is -0.858. The molecule has 2 rings (SSSR count). The molecule has 0 fully saturated rings. The van der Waals surface area contributed by atoms with Crippen molar-refractivity contribution in [3.8, 4) is 0 Å². The summed E-state index contributed by atoms with van der Waals surface area (Å²) < 4.78 is 25.1. The highest BCUT2D eigenvalue weighted by atomic mass is 31.2. The highest BCUT2D eigenvalue weighted by Gasteiger charge is 2.45. The molecule has 4 atom stereocenters. The zero-order chi connectivity index (χ0) is 24.3. The molecule has 2 aromatic heterocycles. The molecular weight excluding hydrogens is 443 g/mol. The van der Waals surface area contributed by atoms with Crippen LogP contribution in [0.15, 0.2) is 6.33 Å². The molecule has 0 saturated heterocycles. The third-order valence-electron chi connectivity index (χ3n) is 5.11. The van der Waals surface area contributed by atoms with E-state index in [1.54, 1.807) is 27.8 Å². The van der Waals surface area contributed by atoms with Crippen molar-refractivity contribution in [3.63, 3.8) is 0 Å². The lowest BCUT2D eigenvalue weighted by Gasteiger charge is -2.34. The molecule has 0 radical (unpaired) electrons. The highest BCUT2D eigenvalue weighted by Crippen LogP contribution is 2.58. The van der Waals surface area contributed by atoms with Gasteiger partial charge >= 0.3 is 7.60 Å². The summed E-state index contributed by atoms with van der Waals surface area (Å²) in [5, 5.41) is 31.0. The first-order chi connectivity index (χ1) is 14.8. The van der Waals surface area contributed by atoms with Crippen LogP contribution in [0.1, 0.15) is 46.8 Å². The minimum absolute atomic E-state index is 0.0166. The molecule has 0 aliphatic carbocycles. The topological polar surface area (TPSA) is 198 Å². The Bertz CT molecular complexity index is 967. The van der Waals surface area contributed by atoms with Gasteiger partial charge in [0, 0.05) is 7.05 Å². The number of nitrogens with zero attached hydrogens (tertiary/aromatic N) is 4. The summed E-state index contributed by atoms with van der Waals surface area (Å²) in [7, 11) is -2.70. The molecule has 2 unspecified atom stereocenters. The van der Waals surface area contributed by atoms with Gasteiger partial charge in [0.2, 0.25) is 5.95 Å². The van der Waals surface area contributed by atoms with Crippen LogP contribution >= 0.6 is 7.60 Å². The van der Waals surface area contributed by atoms with Crippen molar-refractivity contribution in [3.05, 3.63) is 6.33 Å². The third-order valence-corrected chi connectivity index (χ3v) is 7.38. The van der Waals surface area contributed by atoms with Crippen molar-refractivity contribution < 1.29 is 34.0 Å². The first kappa shape index (κ1) is 26.4. The number of anilines is 2. The van der Waals surface area contributed by atoms with E-state index in [1.165, 1.54) is 17.8 Å². The van der Waals surface area contributed by atoms with E-state index < -0.39 is 37.5 Å². The molecule has 13 nitrogen and oxygen atoms in total. The van der Waals surface area contributed by atoms with Crippen LogP contribution in [0, 0.1) is 0 Å². The van der Waals surface area contributed by atoms with Crippen LogP contribution in [0.2, 0.25) is 0 Å². The first-order valence-corrected chi connectivity index (χ1v) is 11.7. The minimum Gasteiger partial charge on any atom is -0.394 e. The molecule has 182 valence electrons. The number of fused-ring (bicyclic) bond motifs is 1. The number of aliphatic hydroxyl groups excluding tert-OH is 2. The van der Waals surface area contributed by atoms with Crippen LogP contribution in [-0.4, -0.2) is 77.0 Å². The van der Waals surface area contributed by atoms with Gasteiger partial charge in [-0.25, -0.2) is 4.98 Å². The fraction of sp³-hybridized carbons (Fsp3) is 0.722. The van der Waals surface area contributed by atoms with Crippen molar-refractivity contribution >= 4 is 30.5 Å². The Kier molecular flexibility index (Phi) is 8.21. The van der Waals surface area contributed by atoms with Gasteiger partial charge in [0.1, 0.15) is 6.10 Å². The average molecular weight is 476 g/mol. The van der Waals surface area contributed by atoms with E-state index in [0.29, 0.717) is 11.3 Å². The lowest BCUT2D eigenvalue weighted by Crippen LogP contribution is -2.34. The van der Waals surface area contributed by atoms with Crippen LogP contribution in [0.5, 0.6) is 0 Å². The largest absolute Gasteiger partial charge is 0.394 e. The van der Waals surface area contributed by atoms with Gasteiger partial charge in [-0.1, -0.05) is 6.92 Å². The summed E-state index contributed by atoms with van der Waals surface area (Å²) in [6.45, 7) is 5.36. The minimum atomic E-state index is -4.34. The molecular formula is C18H33N6O7P. The van der Waals surface area contributed by atoms with Gasteiger partial charge in [0.05, 0.1) is 25.1 Å². The molecule has 0 aliphatic rings. The number of aliphatic hydroxyl groups is 3. The Morgan fingerprint density at radius 2 is 2.00 bits per heavy atom. The van der Waals surface area contributed by atoms with Crippen LogP contribution in [0.3, 0.4) is 0 Å². The molecule has 0 aromatic carbocycles. The molecule has 2 heterocycles. The predicted octanol–water partition coefficient (Wildman–Crippen LogP) is 0.808. The van der Waals surface area contributed by atoms with Crippen LogP contribution < -0.4 is 11.1 Å². The highest BCUT2D eigenvalue weighted by molar-refractivity contribution is 7.54. The lowest BCUT2D eigenvalue weighted by atomic mass is 10.1. The van der Waals surface area contributed by atoms with Crippen LogP contribution in [0.25, 0.3) is 11.2 Å². The third kappa shape index (κ3) is 5.73. The van der Waals surface area contributed by atoms with Gasteiger partial charge < -0.3 is 40.5 Å². The van der Waals surface area contributed by atoms with E-state index >= 15 is 0 Å². The summed E-state index contributed by atoms with van der Waals surface area (Å²) in [5.41, 5.74) is 5.30. The number of hydrogen-bond donors (Lipinski definition) is 6. The van der Waals surface area contributed by atoms with E-state index in [0.717, 1.165) is 0 Å². The Morgan fingerprint density at radius 1 is 1.34 bits per heavy atom. The molecule has 0 saturated carbocycles. The second-order valence-corrected chi connectivity index (χ2v) is 10.4. The molecule has 14 heteroatoms. The van der Waals surface area contributed by atoms with Gasteiger partial charge in [-0.15, -0.1) is 0 Å². The maximum absolute atomic E-state index is 12.5. The van der Waals surface area contributed by atoms with Crippen LogP contribution in [0.4, 0.5) is 11.8 Å². The number of imidazole rings is 1. The average Bonchev–Trinajstić information content (AvgIpc) is 3.12. The maximum atomic E-state index is 12.5. The van der Waals surface area contributed by atoms with E-state index in [4.69, 9.17) is 15.0 Å². The Morgan fingerprint density at radius 3 is 2.56 bits per heavy atom. The summed E-state index contributed by atoms with van der Waals surface area (Å²) in [6, 6.07) is 0. The van der Waals surface area contributed by atoms with Gasteiger partial charge in [0.25, 0.3) is 0 Å². The number of nitrogens with two attached hydrogens (primary N) is 1. The first-order valence-electron chi connectivity index (χ1n) is 10.1. The van der Waals surface area contributed by atoms with Crippen molar-refractivity contribution in [2.24, 2.45) is 0 Å². The van der Waals surface area contributed by atoms with E-state index in [9.17, 15) is 24.8 Å². The number of nitrogen functional groups attached to an aromatic ring is 1. The van der Waals surface area contributed by atoms with Crippen LogP contribution in [-0.2, 0) is 13.8 Å². The number of ether oxygens (including phenoxy) is 1. The molecule has 7 N–H and O–H groups in total. The Hall–Kier alpha value is -1.86. The smallest absolute Gasteiger partial charge is 0.359 e. The van der Waals surface area contributed by atoms with Crippen molar-refractivity contribution in [1.82, 2.24) is 19.5 Å². The Balaban J connectivity index is 2.21. The monoisotopic (exact) mass is 476 g/mol. The quantitative estimate of drug-likeness (QED) is 0.236. The van der Waals surface area contributed by atoms with Gasteiger partial charge in [-0.2, -0.15) is 9.97 Å². The SMILES string of the molecule is CCC(C)(O)P(=O)(O)OC(C)(C)CCO[C@H]([C@H](O)CO)n1cnc2c(NC)nc(N)nc21. The molecule has 0 aliphatic heterocycles. The van der Waals surface area contributed by atoms with Crippen molar-refractivity contribution in [1.29, 1.82) is 0 Å². The maximum Gasteiger partial charge on any atom is 0.359 e. The molecule has 32 heavy (non-hydrogen) atoms. The van der Waals surface area contributed by atoms with Gasteiger partial charge in [-0.3, -0.25) is 9.13 Å². The fourth-order valence-corrected chi connectivity index (χ4v) is 4.22. The molecule has 2 aromatic rings.